The number of aromatic nitrogens is 4. The molecule has 11 aromatic rings. The molecule has 0 spiro atoms. The second kappa shape index (κ2) is 12.1. The third kappa shape index (κ3) is 4.96. The highest BCUT2D eigenvalue weighted by Crippen LogP contribution is 2.41. The molecule has 3 heterocycles. The molecule has 6 nitrogen and oxygen atoms in total. The smallest absolute Gasteiger partial charge is 0.227 e. The molecule has 0 bridgehead atoms. The number of hydrogen-bond acceptors (Lipinski definition) is 6. The standard InChI is InChI=1S/C48H28N4O2/c1-4-12-29(13-5-1)35-27-38(43-36-18-10-11-19-40(36)53-41(43)28-35)47-51-45(32-14-6-2-7-15-32)50-46(52-47)34-23-21-30-20-22-31-24-25-39-44(42(31)37(30)26-34)54-48(49-39)33-16-8-3-9-17-33/h1-28H. The van der Waals surface area contributed by atoms with E-state index < -0.39 is 0 Å². The molecule has 0 aliphatic rings. The van der Waals surface area contributed by atoms with Crippen molar-refractivity contribution in [1.82, 2.24) is 19.9 Å². The van der Waals surface area contributed by atoms with Crippen LogP contribution in [0.5, 0.6) is 0 Å². The Morgan fingerprint density at radius 2 is 0.981 bits per heavy atom. The summed E-state index contributed by atoms with van der Waals surface area (Å²) in [5.74, 6) is 2.32. The summed E-state index contributed by atoms with van der Waals surface area (Å²) in [6.45, 7) is 0. The van der Waals surface area contributed by atoms with E-state index in [-0.39, 0.29) is 0 Å². The first-order valence-electron chi connectivity index (χ1n) is 17.9. The topological polar surface area (TPSA) is 77.8 Å². The second-order valence-corrected chi connectivity index (χ2v) is 13.4. The van der Waals surface area contributed by atoms with E-state index in [0.29, 0.717) is 23.4 Å². The average Bonchev–Trinajstić information content (AvgIpc) is 3.86. The Morgan fingerprint density at radius 1 is 0.352 bits per heavy atom. The van der Waals surface area contributed by atoms with Gasteiger partial charge >= 0.3 is 0 Å². The van der Waals surface area contributed by atoms with E-state index in [2.05, 4.69) is 66.7 Å². The van der Waals surface area contributed by atoms with Gasteiger partial charge in [0.1, 0.15) is 16.7 Å². The molecular weight excluding hydrogens is 665 g/mol. The van der Waals surface area contributed by atoms with Gasteiger partial charge in [0, 0.05) is 38.4 Å². The predicted octanol–water partition coefficient (Wildman–Crippen LogP) is 12.6. The Kier molecular flexibility index (Phi) is 6.75. The van der Waals surface area contributed by atoms with Crippen LogP contribution < -0.4 is 0 Å². The van der Waals surface area contributed by atoms with Gasteiger partial charge in [-0.15, -0.1) is 0 Å². The molecular formula is C48H28N4O2. The van der Waals surface area contributed by atoms with Gasteiger partial charge in [0.05, 0.1) is 0 Å². The minimum atomic E-state index is 0.566. The maximum atomic E-state index is 6.53. The molecule has 252 valence electrons. The molecule has 0 atom stereocenters. The molecule has 3 aromatic heterocycles. The van der Waals surface area contributed by atoms with Gasteiger partial charge in [0.25, 0.3) is 0 Å². The van der Waals surface area contributed by atoms with Crippen molar-refractivity contribution in [2.45, 2.75) is 0 Å². The van der Waals surface area contributed by atoms with E-state index in [1.165, 1.54) is 0 Å². The van der Waals surface area contributed by atoms with Gasteiger partial charge < -0.3 is 8.83 Å². The quantitative estimate of drug-likeness (QED) is 0.167. The van der Waals surface area contributed by atoms with Crippen molar-refractivity contribution in [1.29, 1.82) is 0 Å². The fourth-order valence-corrected chi connectivity index (χ4v) is 7.53. The molecule has 8 aromatic carbocycles. The number of para-hydroxylation sites is 1. The Balaban J connectivity index is 1.17. The summed E-state index contributed by atoms with van der Waals surface area (Å²) in [7, 11) is 0. The van der Waals surface area contributed by atoms with E-state index in [1.807, 2.05) is 103 Å². The molecule has 0 fully saturated rings. The SMILES string of the molecule is c1ccc(-c2cc(-c3nc(-c4ccccc4)nc(-c4ccc5ccc6ccc7nc(-c8ccccc8)oc7c6c5c4)n3)c3c(c2)oc2ccccc23)cc1. The second-order valence-electron chi connectivity index (χ2n) is 13.4. The number of hydrogen-bond donors (Lipinski definition) is 0. The average molecular weight is 693 g/mol. The van der Waals surface area contributed by atoms with E-state index in [1.54, 1.807) is 0 Å². The van der Waals surface area contributed by atoms with Gasteiger partial charge in [-0.3, -0.25) is 0 Å². The number of nitrogens with zero attached hydrogens (tertiary/aromatic N) is 4. The van der Waals surface area contributed by atoms with Gasteiger partial charge in [-0.25, -0.2) is 19.9 Å². The third-order valence-corrected chi connectivity index (χ3v) is 10.1. The van der Waals surface area contributed by atoms with Crippen LogP contribution in [0.15, 0.2) is 179 Å². The van der Waals surface area contributed by atoms with Gasteiger partial charge in [-0.05, 0) is 69.8 Å². The summed E-state index contributed by atoms with van der Waals surface area (Å²) >= 11 is 0. The molecule has 0 unspecified atom stereocenters. The normalized spacial score (nSPS) is 11.7. The summed E-state index contributed by atoms with van der Waals surface area (Å²) in [5, 5.41) is 6.15. The zero-order chi connectivity index (χ0) is 35.6. The van der Waals surface area contributed by atoms with Crippen LogP contribution >= 0.6 is 0 Å². The molecule has 6 heteroatoms. The molecule has 0 saturated heterocycles. The molecule has 0 radical (unpaired) electrons. The van der Waals surface area contributed by atoms with Crippen LogP contribution in [-0.4, -0.2) is 19.9 Å². The van der Waals surface area contributed by atoms with E-state index in [9.17, 15) is 0 Å². The van der Waals surface area contributed by atoms with Crippen LogP contribution in [0.25, 0.3) is 111 Å². The summed E-state index contributed by atoms with van der Waals surface area (Å²) < 4.78 is 13.0. The first-order valence-corrected chi connectivity index (χ1v) is 17.9. The largest absolute Gasteiger partial charge is 0.456 e. The van der Waals surface area contributed by atoms with Gasteiger partial charge in [-0.1, -0.05) is 127 Å². The molecule has 0 saturated carbocycles. The Labute approximate surface area is 309 Å². The highest BCUT2D eigenvalue weighted by molar-refractivity contribution is 6.18. The van der Waals surface area contributed by atoms with Gasteiger partial charge in [-0.2, -0.15) is 0 Å². The summed E-state index contributed by atoms with van der Waals surface area (Å²) in [6.07, 6.45) is 0. The first-order chi connectivity index (χ1) is 26.7. The predicted molar refractivity (Wildman–Crippen MR) is 217 cm³/mol. The third-order valence-electron chi connectivity index (χ3n) is 10.1. The first kappa shape index (κ1) is 30.2. The lowest BCUT2D eigenvalue weighted by Gasteiger charge is -2.12. The summed E-state index contributed by atoms with van der Waals surface area (Å²) in [6, 6.07) is 57.6. The van der Waals surface area contributed by atoms with Crippen molar-refractivity contribution in [3.05, 3.63) is 170 Å². The molecule has 0 N–H and O–H groups in total. The summed E-state index contributed by atoms with van der Waals surface area (Å²) in [4.78, 5) is 20.4. The number of rotatable bonds is 5. The highest BCUT2D eigenvalue weighted by atomic mass is 16.3. The Hall–Kier alpha value is -7.44. The van der Waals surface area contributed by atoms with E-state index in [0.717, 1.165) is 88.0 Å². The van der Waals surface area contributed by atoms with Crippen molar-refractivity contribution in [2.75, 3.05) is 0 Å². The van der Waals surface area contributed by atoms with Crippen molar-refractivity contribution >= 4 is 54.6 Å². The lowest BCUT2D eigenvalue weighted by molar-refractivity contribution is 0.623. The number of oxazole rings is 1. The van der Waals surface area contributed by atoms with E-state index in [4.69, 9.17) is 28.8 Å². The number of benzene rings is 8. The Morgan fingerprint density at radius 3 is 1.78 bits per heavy atom. The van der Waals surface area contributed by atoms with Crippen molar-refractivity contribution in [2.24, 2.45) is 0 Å². The maximum Gasteiger partial charge on any atom is 0.227 e. The van der Waals surface area contributed by atoms with Crippen LogP contribution in [0.2, 0.25) is 0 Å². The fourth-order valence-electron chi connectivity index (χ4n) is 7.53. The molecule has 11 rings (SSSR count). The van der Waals surface area contributed by atoms with Crippen LogP contribution in [0, 0.1) is 0 Å². The van der Waals surface area contributed by atoms with Crippen LogP contribution in [-0.2, 0) is 0 Å². The molecule has 0 amide bonds. The highest BCUT2D eigenvalue weighted by Gasteiger charge is 2.20. The number of fused-ring (bicyclic) bond motifs is 8. The van der Waals surface area contributed by atoms with Gasteiger partial charge in [0.2, 0.25) is 5.89 Å². The van der Waals surface area contributed by atoms with E-state index >= 15 is 0 Å². The lowest BCUT2D eigenvalue weighted by Crippen LogP contribution is -2.00. The Bertz CT molecular complexity index is 3210. The zero-order valence-electron chi connectivity index (χ0n) is 28.8. The molecule has 0 aliphatic carbocycles. The summed E-state index contributed by atoms with van der Waals surface area (Å²) in [5.41, 5.74) is 8.82. The van der Waals surface area contributed by atoms with Crippen LogP contribution in [0.4, 0.5) is 0 Å². The fraction of sp³-hybridized carbons (Fsp3) is 0. The van der Waals surface area contributed by atoms with Crippen LogP contribution in [0.3, 0.4) is 0 Å². The molecule has 54 heavy (non-hydrogen) atoms. The van der Waals surface area contributed by atoms with Crippen molar-refractivity contribution < 1.29 is 8.83 Å². The van der Waals surface area contributed by atoms with Crippen LogP contribution in [0.1, 0.15) is 0 Å². The monoisotopic (exact) mass is 692 g/mol. The number of furan rings is 1. The minimum absolute atomic E-state index is 0.566. The minimum Gasteiger partial charge on any atom is -0.456 e. The maximum absolute atomic E-state index is 6.53. The zero-order valence-corrected chi connectivity index (χ0v) is 28.8. The molecule has 0 aliphatic heterocycles. The lowest BCUT2D eigenvalue weighted by atomic mass is 9.98. The van der Waals surface area contributed by atoms with Crippen molar-refractivity contribution in [3.8, 4) is 56.7 Å². The van der Waals surface area contributed by atoms with Gasteiger partial charge in [0.15, 0.2) is 23.1 Å². The van der Waals surface area contributed by atoms with Crippen molar-refractivity contribution in [3.63, 3.8) is 0 Å².